The van der Waals surface area contributed by atoms with Crippen molar-refractivity contribution in [1.29, 1.82) is 0 Å². The van der Waals surface area contributed by atoms with E-state index in [-0.39, 0.29) is 17.9 Å². The lowest BCUT2D eigenvalue weighted by Gasteiger charge is -2.09. The molecule has 0 aliphatic heterocycles. The van der Waals surface area contributed by atoms with E-state index in [1.807, 2.05) is 0 Å². The average molecular weight is 259 g/mol. The second-order valence-corrected chi connectivity index (χ2v) is 3.42. The summed E-state index contributed by atoms with van der Waals surface area (Å²) in [6.07, 6.45) is -3.18. The van der Waals surface area contributed by atoms with Crippen LogP contribution >= 0.6 is 0 Å². The number of ketones is 1. The van der Waals surface area contributed by atoms with Gasteiger partial charge < -0.3 is 10.1 Å². The van der Waals surface area contributed by atoms with Gasteiger partial charge in [-0.25, -0.2) is 0 Å². The van der Waals surface area contributed by atoms with Crippen LogP contribution < -0.4 is 10.1 Å². The second-order valence-electron chi connectivity index (χ2n) is 3.42. The molecule has 0 bridgehead atoms. The highest BCUT2D eigenvalue weighted by Crippen LogP contribution is 2.23. The number of hydrogen-bond donors (Lipinski definition) is 1. The topological polar surface area (TPSA) is 38.3 Å². The molecule has 0 saturated heterocycles. The van der Waals surface area contributed by atoms with E-state index in [0.717, 1.165) is 12.1 Å². The maximum atomic E-state index is 12.0. The van der Waals surface area contributed by atoms with E-state index in [1.165, 1.54) is 12.1 Å². The van der Waals surface area contributed by atoms with Gasteiger partial charge in [0.25, 0.3) is 0 Å². The Morgan fingerprint density at radius 1 is 1.44 bits per heavy atom. The third-order valence-electron chi connectivity index (χ3n) is 1.96. The van der Waals surface area contributed by atoms with Crippen molar-refractivity contribution in [2.45, 2.75) is 6.36 Å². The van der Waals surface area contributed by atoms with Crippen molar-refractivity contribution in [1.82, 2.24) is 5.32 Å². The molecule has 0 aliphatic rings. The standard InChI is InChI=1S/C12H12F3NO2/c1-2-6-16-8-11(17)9-4-3-5-10(7-9)18-12(13,14)15/h2-5,7,16H,1,6,8H2. The fraction of sp³-hybridized carbons (Fsp3) is 0.250. The lowest BCUT2D eigenvalue weighted by Crippen LogP contribution is -2.23. The summed E-state index contributed by atoms with van der Waals surface area (Å²) in [5.41, 5.74) is 0.160. The van der Waals surface area contributed by atoms with Gasteiger partial charge in [0.2, 0.25) is 0 Å². The van der Waals surface area contributed by atoms with Crippen LogP contribution in [-0.4, -0.2) is 25.2 Å². The van der Waals surface area contributed by atoms with Crippen LogP contribution in [0.5, 0.6) is 5.75 Å². The van der Waals surface area contributed by atoms with Crippen molar-refractivity contribution in [3.8, 4) is 5.75 Å². The van der Waals surface area contributed by atoms with Gasteiger partial charge in [0.15, 0.2) is 5.78 Å². The molecule has 6 heteroatoms. The molecule has 1 rings (SSSR count). The number of benzene rings is 1. The largest absolute Gasteiger partial charge is 0.573 e. The lowest BCUT2D eigenvalue weighted by molar-refractivity contribution is -0.274. The molecule has 0 amide bonds. The van der Waals surface area contributed by atoms with Gasteiger partial charge in [0.05, 0.1) is 6.54 Å². The molecule has 0 atom stereocenters. The highest BCUT2D eigenvalue weighted by atomic mass is 19.4. The number of rotatable bonds is 6. The Balaban J connectivity index is 2.69. The molecule has 0 fully saturated rings. The van der Waals surface area contributed by atoms with Crippen LogP contribution in [0.25, 0.3) is 0 Å². The summed E-state index contributed by atoms with van der Waals surface area (Å²) < 4.78 is 39.7. The first-order valence-corrected chi connectivity index (χ1v) is 5.13. The van der Waals surface area contributed by atoms with Crippen LogP contribution in [0.15, 0.2) is 36.9 Å². The molecule has 0 radical (unpaired) electrons. The van der Waals surface area contributed by atoms with Crippen LogP contribution in [0.4, 0.5) is 13.2 Å². The van der Waals surface area contributed by atoms with E-state index in [1.54, 1.807) is 6.08 Å². The molecule has 98 valence electrons. The minimum absolute atomic E-state index is 0.0293. The highest BCUT2D eigenvalue weighted by Gasteiger charge is 2.31. The van der Waals surface area contributed by atoms with Crippen molar-refractivity contribution in [2.24, 2.45) is 0 Å². The molecule has 1 aromatic rings. The molecule has 0 spiro atoms. The average Bonchev–Trinajstić information content (AvgIpc) is 2.27. The first-order chi connectivity index (χ1) is 8.42. The van der Waals surface area contributed by atoms with Crippen molar-refractivity contribution in [3.63, 3.8) is 0 Å². The molecule has 18 heavy (non-hydrogen) atoms. The number of Topliss-reactive ketones (excluding diaryl/α,β-unsaturated/α-hetero) is 1. The Morgan fingerprint density at radius 3 is 2.78 bits per heavy atom. The lowest BCUT2D eigenvalue weighted by atomic mass is 10.1. The maximum absolute atomic E-state index is 12.0. The third-order valence-corrected chi connectivity index (χ3v) is 1.96. The van der Waals surface area contributed by atoms with Gasteiger partial charge in [-0.2, -0.15) is 0 Å². The molecule has 1 aromatic carbocycles. The Hall–Kier alpha value is -1.82. The monoisotopic (exact) mass is 259 g/mol. The Labute approximate surface area is 102 Å². The number of halogens is 3. The number of carbonyl (C=O) groups excluding carboxylic acids is 1. The first kappa shape index (κ1) is 14.2. The van der Waals surface area contributed by atoms with E-state index in [9.17, 15) is 18.0 Å². The van der Waals surface area contributed by atoms with Crippen LogP contribution in [-0.2, 0) is 0 Å². The Morgan fingerprint density at radius 2 is 2.17 bits per heavy atom. The summed E-state index contributed by atoms with van der Waals surface area (Å²) in [5, 5.41) is 2.77. The van der Waals surface area contributed by atoms with Crippen LogP contribution in [0, 0.1) is 0 Å². The summed E-state index contributed by atoms with van der Waals surface area (Å²) in [4.78, 5) is 11.6. The summed E-state index contributed by atoms with van der Waals surface area (Å²) in [6.45, 7) is 3.94. The molecule has 0 aliphatic carbocycles. The first-order valence-electron chi connectivity index (χ1n) is 5.13. The van der Waals surface area contributed by atoms with E-state index in [0.29, 0.717) is 6.54 Å². The van der Waals surface area contributed by atoms with Crippen LogP contribution in [0.3, 0.4) is 0 Å². The predicted molar refractivity (Wildman–Crippen MR) is 60.5 cm³/mol. The zero-order valence-electron chi connectivity index (χ0n) is 9.46. The van der Waals surface area contributed by atoms with Gasteiger partial charge in [-0.05, 0) is 12.1 Å². The molecule has 3 nitrogen and oxygen atoms in total. The fourth-order valence-corrected chi connectivity index (χ4v) is 1.26. The van der Waals surface area contributed by atoms with Gasteiger partial charge >= 0.3 is 6.36 Å². The normalized spacial score (nSPS) is 11.1. The molecule has 0 aromatic heterocycles. The number of carbonyl (C=O) groups is 1. The Kier molecular flexibility index (Phi) is 4.91. The van der Waals surface area contributed by atoms with E-state index < -0.39 is 12.1 Å². The van der Waals surface area contributed by atoms with Crippen molar-refractivity contribution in [2.75, 3.05) is 13.1 Å². The van der Waals surface area contributed by atoms with E-state index in [2.05, 4.69) is 16.6 Å². The third kappa shape index (κ3) is 5.01. The molecule has 0 unspecified atom stereocenters. The predicted octanol–water partition coefficient (Wildman–Crippen LogP) is 2.54. The molecular weight excluding hydrogens is 247 g/mol. The molecule has 0 saturated carbocycles. The molecular formula is C12H12F3NO2. The summed E-state index contributed by atoms with van der Waals surface area (Å²) in [5.74, 6) is -0.721. The molecule has 1 N–H and O–H groups in total. The highest BCUT2D eigenvalue weighted by molar-refractivity contribution is 5.97. The van der Waals surface area contributed by atoms with Crippen LogP contribution in [0.2, 0.25) is 0 Å². The summed E-state index contributed by atoms with van der Waals surface area (Å²) in [7, 11) is 0. The minimum atomic E-state index is -4.76. The number of alkyl halides is 3. The van der Waals surface area contributed by atoms with Gasteiger partial charge in [-0.3, -0.25) is 4.79 Å². The van der Waals surface area contributed by atoms with Gasteiger partial charge in [-0.15, -0.1) is 19.8 Å². The van der Waals surface area contributed by atoms with Gasteiger partial charge in [0.1, 0.15) is 5.75 Å². The number of hydrogen-bond acceptors (Lipinski definition) is 3. The molecule has 0 heterocycles. The van der Waals surface area contributed by atoms with E-state index >= 15 is 0 Å². The van der Waals surface area contributed by atoms with Crippen molar-refractivity contribution < 1.29 is 22.7 Å². The number of ether oxygens (including phenoxy) is 1. The van der Waals surface area contributed by atoms with Crippen molar-refractivity contribution in [3.05, 3.63) is 42.5 Å². The minimum Gasteiger partial charge on any atom is -0.406 e. The van der Waals surface area contributed by atoms with E-state index in [4.69, 9.17) is 0 Å². The zero-order valence-corrected chi connectivity index (χ0v) is 9.46. The van der Waals surface area contributed by atoms with Crippen molar-refractivity contribution >= 4 is 5.78 Å². The zero-order chi connectivity index (χ0) is 13.6. The van der Waals surface area contributed by atoms with Gasteiger partial charge in [-0.1, -0.05) is 18.2 Å². The second kappa shape index (κ2) is 6.20. The van der Waals surface area contributed by atoms with Gasteiger partial charge in [0, 0.05) is 12.1 Å². The summed E-state index contributed by atoms with van der Waals surface area (Å²) >= 11 is 0. The smallest absolute Gasteiger partial charge is 0.406 e. The Bertz CT molecular complexity index is 430. The maximum Gasteiger partial charge on any atom is 0.573 e. The fourth-order valence-electron chi connectivity index (χ4n) is 1.26. The summed E-state index contributed by atoms with van der Waals surface area (Å²) in [6, 6.07) is 4.97. The number of nitrogens with one attached hydrogen (secondary N) is 1. The SMILES string of the molecule is C=CCNCC(=O)c1cccc(OC(F)(F)F)c1. The quantitative estimate of drug-likeness (QED) is 0.484. The van der Waals surface area contributed by atoms with Crippen LogP contribution in [0.1, 0.15) is 10.4 Å².